The highest BCUT2D eigenvalue weighted by molar-refractivity contribution is 7.21. The van der Waals surface area contributed by atoms with Crippen LogP contribution in [0.4, 0.5) is 5.69 Å². The highest BCUT2D eigenvalue weighted by atomic mass is 35.5. The smallest absolute Gasteiger partial charge is 0.263 e. The van der Waals surface area contributed by atoms with Crippen LogP contribution in [0, 0.1) is 0 Å². The molecule has 0 aliphatic carbocycles. The number of ether oxygens (including phenoxy) is 1. The number of benzene rings is 1. The minimum Gasteiger partial charge on any atom is -0.397 e. The van der Waals surface area contributed by atoms with E-state index < -0.39 is 6.10 Å². The Bertz CT molecular complexity index is 644. The first kappa shape index (κ1) is 16.0. The van der Waals surface area contributed by atoms with Gasteiger partial charge >= 0.3 is 0 Å². The summed E-state index contributed by atoms with van der Waals surface area (Å²) in [6.07, 6.45) is -0.171. The second-order valence-electron chi connectivity index (χ2n) is 4.61. The number of anilines is 1. The number of nitrogens with one attached hydrogen (secondary N) is 1. The molecule has 5 nitrogen and oxygen atoms in total. The third-order valence-corrected chi connectivity index (χ3v) is 4.51. The van der Waals surface area contributed by atoms with Crippen molar-refractivity contribution in [3.63, 3.8) is 0 Å². The molecule has 0 aliphatic rings. The second-order valence-corrected chi connectivity index (χ2v) is 6.07. The van der Waals surface area contributed by atoms with Gasteiger partial charge in [-0.25, -0.2) is 0 Å². The molecular weight excluding hydrogens is 312 g/mol. The summed E-state index contributed by atoms with van der Waals surface area (Å²) in [5.41, 5.74) is 6.41. The molecular formula is C14H17ClN2O3S. The number of thiophene rings is 1. The number of halogens is 1. The second kappa shape index (κ2) is 7.09. The number of hydrogen-bond donors (Lipinski definition) is 3. The van der Waals surface area contributed by atoms with E-state index in [-0.39, 0.29) is 12.5 Å². The van der Waals surface area contributed by atoms with E-state index in [1.54, 1.807) is 6.07 Å². The fourth-order valence-electron chi connectivity index (χ4n) is 2.01. The number of hydrogen-bond acceptors (Lipinski definition) is 5. The van der Waals surface area contributed by atoms with Crippen molar-refractivity contribution in [3.05, 3.63) is 28.1 Å². The molecule has 1 heterocycles. The highest BCUT2D eigenvalue weighted by Gasteiger charge is 2.18. The third kappa shape index (κ3) is 3.65. The van der Waals surface area contributed by atoms with Crippen LogP contribution in [-0.2, 0) is 4.74 Å². The van der Waals surface area contributed by atoms with E-state index in [2.05, 4.69) is 5.32 Å². The van der Waals surface area contributed by atoms with Gasteiger partial charge in [0.2, 0.25) is 0 Å². The number of nitrogens with two attached hydrogens (primary N) is 1. The van der Waals surface area contributed by atoms with Gasteiger partial charge in [-0.1, -0.05) is 17.7 Å². The Kier molecular flexibility index (Phi) is 5.41. The molecule has 7 heteroatoms. The standard InChI is InChI=1S/C14H17ClN2O3S/c1-20-7-8(18)5-6-17-14(19)13-12(16)11-9(15)3-2-4-10(11)21-13/h2-4,8,18H,5-7,16H2,1H3,(H,17,19). The van der Waals surface area contributed by atoms with Gasteiger partial charge in [0, 0.05) is 23.7 Å². The molecule has 1 amide bonds. The van der Waals surface area contributed by atoms with Crippen LogP contribution < -0.4 is 11.1 Å². The summed E-state index contributed by atoms with van der Waals surface area (Å²) < 4.78 is 5.70. The quantitative estimate of drug-likeness (QED) is 0.759. The number of rotatable bonds is 6. The first-order chi connectivity index (χ1) is 10.0. The molecule has 0 aliphatic heterocycles. The molecule has 1 atom stereocenters. The van der Waals surface area contributed by atoms with Gasteiger partial charge in [0.25, 0.3) is 5.91 Å². The summed E-state index contributed by atoms with van der Waals surface area (Å²) in [6.45, 7) is 0.598. The monoisotopic (exact) mass is 328 g/mol. The van der Waals surface area contributed by atoms with Crippen LogP contribution in [0.5, 0.6) is 0 Å². The minimum atomic E-state index is -0.593. The number of methoxy groups -OCH3 is 1. The number of carbonyl (C=O) groups is 1. The Morgan fingerprint density at radius 2 is 2.33 bits per heavy atom. The topological polar surface area (TPSA) is 84.6 Å². The fourth-order valence-corrected chi connectivity index (χ4v) is 3.40. The van der Waals surface area contributed by atoms with Crippen LogP contribution in [0.15, 0.2) is 18.2 Å². The van der Waals surface area contributed by atoms with E-state index in [0.29, 0.717) is 33.9 Å². The molecule has 21 heavy (non-hydrogen) atoms. The van der Waals surface area contributed by atoms with Gasteiger partial charge < -0.3 is 20.9 Å². The lowest BCUT2D eigenvalue weighted by Gasteiger charge is -2.09. The van der Waals surface area contributed by atoms with Gasteiger partial charge in [-0.3, -0.25) is 4.79 Å². The zero-order valence-corrected chi connectivity index (χ0v) is 13.1. The Morgan fingerprint density at radius 3 is 3.00 bits per heavy atom. The lowest BCUT2D eigenvalue weighted by Crippen LogP contribution is -2.28. The summed E-state index contributed by atoms with van der Waals surface area (Å²) in [4.78, 5) is 12.6. The number of nitrogen functional groups attached to an aromatic ring is 1. The van der Waals surface area contributed by atoms with E-state index in [1.165, 1.54) is 18.4 Å². The maximum Gasteiger partial charge on any atom is 0.263 e. The van der Waals surface area contributed by atoms with E-state index in [1.807, 2.05) is 12.1 Å². The van der Waals surface area contributed by atoms with E-state index >= 15 is 0 Å². The Labute approximate surface area is 131 Å². The van der Waals surface area contributed by atoms with Crippen LogP contribution >= 0.6 is 22.9 Å². The predicted octanol–water partition coefficient (Wildman–Crippen LogP) is 2.26. The molecule has 4 N–H and O–H groups in total. The molecule has 0 spiro atoms. The van der Waals surface area contributed by atoms with Crippen molar-refractivity contribution in [2.75, 3.05) is 26.0 Å². The van der Waals surface area contributed by atoms with Crippen LogP contribution in [-0.4, -0.2) is 37.4 Å². The molecule has 2 rings (SSSR count). The summed E-state index contributed by atoms with van der Waals surface area (Å²) in [6, 6.07) is 5.44. The molecule has 1 aromatic carbocycles. The molecule has 1 unspecified atom stereocenters. The van der Waals surface area contributed by atoms with Crippen LogP contribution in [0.1, 0.15) is 16.1 Å². The lowest BCUT2D eigenvalue weighted by molar-refractivity contribution is 0.0588. The summed E-state index contributed by atoms with van der Waals surface area (Å²) in [7, 11) is 1.52. The molecule has 0 radical (unpaired) electrons. The Hall–Kier alpha value is -1.34. The van der Waals surface area contributed by atoms with Crippen LogP contribution in [0.3, 0.4) is 0 Å². The van der Waals surface area contributed by atoms with Gasteiger partial charge in [0.05, 0.1) is 23.4 Å². The predicted molar refractivity (Wildman–Crippen MR) is 86.1 cm³/mol. The van der Waals surface area contributed by atoms with Gasteiger partial charge in [-0.05, 0) is 18.6 Å². The zero-order chi connectivity index (χ0) is 15.4. The fraction of sp³-hybridized carbons (Fsp3) is 0.357. The van der Waals surface area contributed by atoms with Gasteiger partial charge in [0.1, 0.15) is 4.88 Å². The maximum atomic E-state index is 12.1. The molecule has 114 valence electrons. The van der Waals surface area contributed by atoms with Gasteiger partial charge in [-0.15, -0.1) is 11.3 Å². The van der Waals surface area contributed by atoms with E-state index in [0.717, 1.165) is 4.70 Å². The largest absolute Gasteiger partial charge is 0.397 e. The summed E-state index contributed by atoms with van der Waals surface area (Å²) in [5.74, 6) is -0.255. The number of amides is 1. The minimum absolute atomic E-state index is 0.247. The Morgan fingerprint density at radius 1 is 1.57 bits per heavy atom. The van der Waals surface area contributed by atoms with E-state index in [4.69, 9.17) is 22.1 Å². The van der Waals surface area contributed by atoms with Crippen molar-refractivity contribution in [2.45, 2.75) is 12.5 Å². The third-order valence-electron chi connectivity index (χ3n) is 3.03. The Balaban J connectivity index is 2.06. The molecule has 1 aromatic heterocycles. The summed E-state index contributed by atoms with van der Waals surface area (Å²) >= 11 is 7.42. The molecule has 2 aromatic rings. The SMILES string of the molecule is COCC(O)CCNC(=O)c1sc2cccc(Cl)c2c1N. The van der Waals surface area contributed by atoms with Crippen molar-refractivity contribution in [2.24, 2.45) is 0 Å². The van der Waals surface area contributed by atoms with Crippen LogP contribution in [0.2, 0.25) is 5.02 Å². The van der Waals surface area contributed by atoms with Crippen molar-refractivity contribution in [1.29, 1.82) is 0 Å². The average molecular weight is 329 g/mol. The highest BCUT2D eigenvalue weighted by Crippen LogP contribution is 2.37. The number of aliphatic hydroxyl groups excluding tert-OH is 1. The summed E-state index contributed by atoms with van der Waals surface area (Å²) in [5, 5.41) is 13.5. The van der Waals surface area contributed by atoms with Crippen molar-refractivity contribution in [1.82, 2.24) is 5.32 Å². The first-order valence-corrected chi connectivity index (χ1v) is 7.65. The van der Waals surface area contributed by atoms with Crippen LogP contribution in [0.25, 0.3) is 10.1 Å². The van der Waals surface area contributed by atoms with Gasteiger partial charge in [-0.2, -0.15) is 0 Å². The zero-order valence-electron chi connectivity index (χ0n) is 11.6. The number of carbonyl (C=O) groups excluding carboxylic acids is 1. The lowest BCUT2D eigenvalue weighted by atomic mass is 10.2. The molecule has 0 fully saturated rings. The van der Waals surface area contributed by atoms with Gasteiger partial charge in [0.15, 0.2) is 0 Å². The van der Waals surface area contributed by atoms with E-state index in [9.17, 15) is 9.90 Å². The van der Waals surface area contributed by atoms with Crippen molar-refractivity contribution >= 4 is 44.6 Å². The maximum absolute atomic E-state index is 12.1. The van der Waals surface area contributed by atoms with Crippen molar-refractivity contribution in [3.8, 4) is 0 Å². The molecule has 0 saturated carbocycles. The number of aliphatic hydroxyl groups is 1. The molecule has 0 bridgehead atoms. The first-order valence-electron chi connectivity index (χ1n) is 6.46. The molecule has 0 saturated heterocycles. The average Bonchev–Trinajstić information content (AvgIpc) is 2.78. The number of fused-ring (bicyclic) bond motifs is 1. The normalized spacial score (nSPS) is 12.5. The van der Waals surface area contributed by atoms with Crippen molar-refractivity contribution < 1.29 is 14.6 Å².